The number of aromatic amines is 2. The quantitative estimate of drug-likeness (QED) is 0.0927. The number of amides is 4. The van der Waals surface area contributed by atoms with Gasteiger partial charge in [-0.2, -0.15) is 0 Å². The molecule has 2 saturated heterocycles. The van der Waals surface area contributed by atoms with E-state index >= 15 is 0 Å². The van der Waals surface area contributed by atoms with E-state index in [4.69, 9.17) is 25.5 Å². The van der Waals surface area contributed by atoms with E-state index in [0.29, 0.717) is 99.9 Å². The third-order valence-electron chi connectivity index (χ3n) is 12.1. The SMILES string of the molecule is CC[C@H](C)[C@H](NC(=O)OC)C(=O)N1CCC[C@H]1c1ncc(-c2ccc3oc4cc(-c5cnc([C@@H]6CCCN6C(=O)[C@@H](NC(=O)OC)[C@@H](C)CC)[nH]5)c(Cl)cc4c(=O)c3c2)[nH]1. The van der Waals surface area contributed by atoms with Gasteiger partial charge in [-0.1, -0.05) is 52.1 Å². The molecule has 7 rings (SSSR count). The summed E-state index contributed by atoms with van der Waals surface area (Å²) < 4.78 is 15.9. The second-order valence-electron chi connectivity index (χ2n) is 15.7. The van der Waals surface area contributed by atoms with Gasteiger partial charge in [0.15, 0.2) is 0 Å². The number of alkyl carbamates (subject to hydrolysis) is 2. The number of carbonyl (C=O) groups excluding carboxylic acids is 4. The van der Waals surface area contributed by atoms with Crippen molar-refractivity contribution in [2.24, 2.45) is 11.8 Å². The number of nitrogens with zero attached hydrogens (tertiary/aromatic N) is 4. The van der Waals surface area contributed by atoms with Gasteiger partial charge in [0.25, 0.3) is 0 Å². The fraction of sp³-hybridized carbons (Fsp3) is 0.465. The van der Waals surface area contributed by atoms with Crippen LogP contribution in [0.2, 0.25) is 5.02 Å². The van der Waals surface area contributed by atoms with Crippen LogP contribution in [-0.2, 0) is 19.1 Å². The van der Waals surface area contributed by atoms with Gasteiger partial charge >= 0.3 is 12.2 Å². The fourth-order valence-corrected chi connectivity index (χ4v) is 8.53. The van der Waals surface area contributed by atoms with Gasteiger partial charge in [0.05, 0.1) is 65.9 Å². The highest BCUT2D eigenvalue weighted by molar-refractivity contribution is 6.34. The first-order valence-corrected chi connectivity index (χ1v) is 20.9. The van der Waals surface area contributed by atoms with Crippen molar-refractivity contribution in [1.82, 2.24) is 40.4 Å². The van der Waals surface area contributed by atoms with Crippen LogP contribution in [0.4, 0.5) is 9.59 Å². The van der Waals surface area contributed by atoms with Crippen LogP contribution in [0.15, 0.2) is 51.9 Å². The molecule has 0 aliphatic carbocycles. The number of hydrogen-bond donors (Lipinski definition) is 4. The largest absolute Gasteiger partial charge is 0.456 e. The summed E-state index contributed by atoms with van der Waals surface area (Å²) in [7, 11) is 2.54. The minimum Gasteiger partial charge on any atom is -0.456 e. The van der Waals surface area contributed by atoms with E-state index in [0.717, 1.165) is 12.8 Å². The van der Waals surface area contributed by atoms with Crippen LogP contribution in [-0.4, -0.2) is 93.1 Å². The van der Waals surface area contributed by atoms with Crippen LogP contribution >= 0.6 is 11.6 Å². The topological polar surface area (TPSA) is 205 Å². The average molecular weight is 843 g/mol. The first-order valence-electron chi connectivity index (χ1n) is 20.5. The molecule has 16 nitrogen and oxygen atoms in total. The molecule has 2 aromatic carbocycles. The average Bonchev–Trinajstić information content (AvgIpc) is 4.11. The molecule has 4 N–H and O–H groups in total. The number of hydrogen-bond acceptors (Lipinski definition) is 10. The van der Waals surface area contributed by atoms with Crippen LogP contribution < -0.4 is 16.1 Å². The summed E-state index contributed by atoms with van der Waals surface area (Å²) in [6.07, 6.45) is 6.34. The number of benzene rings is 2. The molecule has 0 saturated carbocycles. The third-order valence-corrected chi connectivity index (χ3v) is 12.4. The predicted molar refractivity (Wildman–Crippen MR) is 225 cm³/mol. The van der Waals surface area contributed by atoms with E-state index in [2.05, 4.69) is 30.6 Å². The van der Waals surface area contributed by atoms with Crippen LogP contribution in [0.3, 0.4) is 0 Å². The Morgan fingerprint density at radius 3 is 1.85 bits per heavy atom. The molecule has 2 fully saturated rings. The van der Waals surface area contributed by atoms with E-state index in [1.54, 1.807) is 46.5 Å². The van der Waals surface area contributed by atoms with Crippen molar-refractivity contribution in [3.8, 4) is 22.5 Å². The summed E-state index contributed by atoms with van der Waals surface area (Å²) in [6.45, 7) is 8.82. The molecule has 5 aromatic rings. The third kappa shape index (κ3) is 8.16. The normalized spacial score (nSPS) is 18.6. The van der Waals surface area contributed by atoms with Gasteiger partial charge in [-0.25, -0.2) is 19.6 Å². The smallest absolute Gasteiger partial charge is 0.407 e. The highest BCUT2D eigenvalue weighted by Gasteiger charge is 2.39. The van der Waals surface area contributed by atoms with E-state index in [1.165, 1.54) is 14.2 Å². The molecule has 0 spiro atoms. The molecular weight excluding hydrogens is 792 g/mol. The number of halogens is 1. The summed E-state index contributed by atoms with van der Waals surface area (Å²) in [5, 5.41) is 6.40. The highest BCUT2D eigenvalue weighted by Crippen LogP contribution is 2.37. The lowest BCUT2D eigenvalue weighted by Crippen LogP contribution is -2.51. The lowest BCUT2D eigenvalue weighted by atomic mass is 9.97. The first kappa shape index (κ1) is 42.2. The Kier molecular flexibility index (Phi) is 12.5. The lowest BCUT2D eigenvalue weighted by Gasteiger charge is -2.30. The Labute approximate surface area is 351 Å². The van der Waals surface area contributed by atoms with E-state index in [1.807, 2.05) is 33.8 Å². The number of fused-ring (bicyclic) bond motifs is 2. The van der Waals surface area contributed by atoms with Crippen LogP contribution in [0, 0.1) is 11.8 Å². The Balaban J connectivity index is 1.13. The zero-order chi connectivity index (χ0) is 42.8. The Hall–Kier alpha value is -5.90. The van der Waals surface area contributed by atoms with E-state index in [-0.39, 0.29) is 41.2 Å². The van der Waals surface area contributed by atoms with Crippen molar-refractivity contribution < 1.29 is 33.1 Å². The molecule has 6 atom stereocenters. The van der Waals surface area contributed by atoms with Gasteiger partial charge in [0, 0.05) is 24.2 Å². The number of ether oxygens (including phenoxy) is 2. The minimum absolute atomic E-state index is 0.107. The standard InChI is InChI=1S/C43H51ClN8O8/c1-7-22(3)35(49-42(56)58-5)40(54)51-15-9-11-31(51)38-45-20-29(47-38)24-13-14-33-26(17-24)37(53)27-18-28(44)25(19-34(27)60-33)30-21-46-39(48-30)32-12-10-16-52(32)41(55)36(23(4)8-2)50-43(57)59-6/h13-14,17-23,31-32,35-36H,7-12,15-16H2,1-6H3,(H,45,47)(H,46,48)(H,49,56)(H,50,57)/t22-,23-,31-,32-,35-,36-/m0/s1. The molecule has 2 aliphatic heterocycles. The number of methoxy groups -OCH3 is 2. The van der Waals surface area contributed by atoms with E-state index < -0.39 is 24.3 Å². The molecule has 5 heterocycles. The second-order valence-corrected chi connectivity index (χ2v) is 16.1. The number of carbonyl (C=O) groups is 4. The number of likely N-dealkylation sites (tertiary alicyclic amines) is 2. The Morgan fingerprint density at radius 2 is 1.32 bits per heavy atom. The van der Waals surface area contributed by atoms with Crippen LogP contribution in [0.5, 0.6) is 0 Å². The van der Waals surface area contributed by atoms with Crippen molar-refractivity contribution in [2.75, 3.05) is 27.3 Å². The molecular formula is C43H51ClN8O8. The molecule has 17 heteroatoms. The fourth-order valence-electron chi connectivity index (χ4n) is 8.27. The number of imidazole rings is 2. The summed E-state index contributed by atoms with van der Waals surface area (Å²) in [6, 6.07) is 6.49. The number of rotatable bonds is 12. The maximum Gasteiger partial charge on any atom is 0.407 e. The maximum absolute atomic E-state index is 14.0. The van der Waals surface area contributed by atoms with Crippen LogP contribution in [0.1, 0.15) is 90.0 Å². The summed E-state index contributed by atoms with van der Waals surface area (Å²) >= 11 is 6.85. The number of H-pyrrole nitrogens is 2. The number of aromatic nitrogens is 4. The molecule has 0 bridgehead atoms. The first-order chi connectivity index (χ1) is 28.9. The molecule has 0 unspecified atom stereocenters. The molecule has 318 valence electrons. The van der Waals surface area contributed by atoms with Crippen molar-refractivity contribution in [3.05, 3.63) is 69.6 Å². The molecule has 3 aromatic heterocycles. The summed E-state index contributed by atoms with van der Waals surface area (Å²) in [4.78, 5) is 85.3. The minimum atomic E-state index is -0.745. The zero-order valence-electron chi connectivity index (χ0n) is 34.6. The number of nitrogens with one attached hydrogen (secondary N) is 4. The monoisotopic (exact) mass is 842 g/mol. The highest BCUT2D eigenvalue weighted by atomic mass is 35.5. The molecule has 4 amide bonds. The van der Waals surface area contributed by atoms with Gasteiger partial charge in [-0.05, 0) is 67.9 Å². The van der Waals surface area contributed by atoms with Crippen molar-refractivity contribution in [3.63, 3.8) is 0 Å². The zero-order valence-corrected chi connectivity index (χ0v) is 35.4. The van der Waals surface area contributed by atoms with Gasteiger partial charge in [0.1, 0.15) is 34.9 Å². The van der Waals surface area contributed by atoms with Gasteiger partial charge < -0.3 is 44.3 Å². The summed E-state index contributed by atoms with van der Waals surface area (Å²) in [5.74, 6) is 0.593. The maximum atomic E-state index is 14.0. The lowest BCUT2D eigenvalue weighted by molar-refractivity contribution is -0.136. The van der Waals surface area contributed by atoms with Crippen molar-refractivity contribution in [2.45, 2.75) is 90.4 Å². The van der Waals surface area contributed by atoms with E-state index in [9.17, 15) is 24.0 Å². The van der Waals surface area contributed by atoms with Gasteiger partial charge in [-0.15, -0.1) is 0 Å². The van der Waals surface area contributed by atoms with Crippen LogP contribution in [0.25, 0.3) is 44.5 Å². The summed E-state index contributed by atoms with van der Waals surface area (Å²) in [5.41, 5.74) is 3.00. The van der Waals surface area contributed by atoms with Crippen molar-refractivity contribution in [1.29, 1.82) is 0 Å². The van der Waals surface area contributed by atoms with Gasteiger partial charge in [0.2, 0.25) is 17.2 Å². The Bertz CT molecular complexity index is 2480. The van der Waals surface area contributed by atoms with Gasteiger partial charge in [-0.3, -0.25) is 14.4 Å². The second kappa shape index (κ2) is 17.8. The van der Waals surface area contributed by atoms with Crippen molar-refractivity contribution >= 4 is 57.5 Å². The molecule has 0 radical (unpaired) electrons. The Morgan fingerprint density at radius 1 is 0.800 bits per heavy atom. The molecule has 60 heavy (non-hydrogen) atoms. The molecule has 2 aliphatic rings. The predicted octanol–water partition coefficient (Wildman–Crippen LogP) is 7.25.